The molecule has 5 heteroatoms. The van der Waals surface area contributed by atoms with Gasteiger partial charge in [0.25, 0.3) is 0 Å². The molecule has 0 unspecified atom stereocenters. The Labute approximate surface area is 399 Å². The maximum atomic E-state index is 5.29. The average Bonchev–Trinajstić information content (AvgIpc) is 4.00. The normalized spacial score (nSPS) is 12.9. The van der Waals surface area contributed by atoms with Crippen molar-refractivity contribution in [3.05, 3.63) is 236 Å². The van der Waals surface area contributed by atoms with Gasteiger partial charge in [-0.2, -0.15) is 0 Å². The van der Waals surface area contributed by atoms with Crippen molar-refractivity contribution in [3.63, 3.8) is 0 Å². The molecule has 0 spiro atoms. The number of fused-ring (bicyclic) bond motifs is 11. The fourth-order valence-corrected chi connectivity index (χ4v) is 11.2. The standard InChI is InChI=1S/C64H43N5/c1-64(2)54-32-30-40-18-12-13-25-48(40)60(54)53-38-52-50-27-15-17-29-57(50)69(59(52)39-55(53)64)47-35-44(43-31-33-58-51(37-43)49-26-14-16-28-56(49)68(58)46-23-10-5-11-24-46)34-45(36-47)63-66-61(41-19-6-3-7-20-41)65-62(67-63)42-21-8-4-9-22-42/h3-39H,1-2H3. The van der Waals surface area contributed by atoms with Gasteiger partial charge < -0.3 is 9.13 Å². The first-order chi connectivity index (χ1) is 34.0. The van der Waals surface area contributed by atoms with Crippen LogP contribution in [0.1, 0.15) is 25.0 Å². The minimum atomic E-state index is -0.210. The van der Waals surface area contributed by atoms with E-state index < -0.39 is 0 Å². The minimum Gasteiger partial charge on any atom is -0.309 e. The Morgan fingerprint density at radius 3 is 1.51 bits per heavy atom. The number of benzene rings is 10. The number of para-hydroxylation sites is 3. The fraction of sp³-hybridized carbons (Fsp3) is 0.0469. The quantitative estimate of drug-likeness (QED) is 0.167. The highest BCUT2D eigenvalue weighted by Crippen LogP contribution is 2.53. The topological polar surface area (TPSA) is 48.5 Å². The second-order valence-electron chi connectivity index (χ2n) is 18.8. The van der Waals surface area contributed by atoms with Crippen LogP contribution in [0.5, 0.6) is 0 Å². The second-order valence-corrected chi connectivity index (χ2v) is 18.8. The van der Waals surface area contributed by atoms with E-state index in [4.69, 9.17) is 15.0 Å². The molecular weight excluding hydrogens is 839 g/mol. The molecule has 1 aliphatic carbocycles. The molecule has 0 aliphatic heterocycles. The predicted octanol–water partition coefficient (Wildman–Crippen LogP) is 16.2. The van der Waals surface area contributed by atoms with Crippen LogP contribution >= 0.6 is 0 Å². The molecule has 0 N–H and O–H groups in total. The molecule has 3 aromatic heterocycles. The van der Waals surface area contributed by atoms with Crippen molar-refractivity contribution < 1.29 is 0 Å². The summed E-state index contributed by atoms with van der Waals surface area (Å²) in [5, 5.41) is 7.40. The van der Waals surface area contributed by atoms with Gasteiger partial charge in [0.2, 0.25) is 0 Å². The number of hydrogen-bond acceptors (Lipinski definition) is 3. The predicted molar refractivity (Wildman–Crippen MR) is 285 cm³/mol. The number of rotatable bonds is 6. The Bertz CT molecular complexity index is 4140. The summed E-state index contributed by atoms with van der Waals surface area (Å²) in [6.07, 6.45) is 0. The van der Waals surface area contributed by atoms with Crippen LogP contribution < -0.4 is 0 Å². The minimum absolute atomic E-state index is 0.210. The summed E-state index contributed by atoms with van der Waals surface area (Å²) in [4.78, 5) is 15.7. The number of nitrogens with zero attached hydrogens (tertiary/aromatic N) is 5. The van der Waals surface area contributed by atoms with Crippen LogP contribution in [0.4, 0.5) is 0 Å². The van der Waals surface area contributed by atoms with Crippen molar-refractivity contribution in [2.75, 3.05) is 0 Å². The van der Waals surface area contributed by atoms with Gasteiger partial charge >= 0.3 is 0 Å². The fourth-order valence-electron chi connectivity index (χ4n) is 11.2. The van der Waals surface area contributed by atoms with E-state index in [2.05, 4.69) is 211 Å². The summed E-state index contributed by atoms with van der Waals surface area (Å²) >= 11 is 0. The zero-order valence-electron chi connectivity index (χ0n) is 38.1. The monoisotopic (exact) mass is 881 g/mol. The Morgan fingerprint density at radius 1 is 0.319 bits per heavy atom. The summed E-state index contributed by atoms with van der Waals surface area (Å²) < 4.78 is 4.84. The van der Waals surface area contributed by atoms with Crippen molar-refractivity contribution in [2.45, 2.75) is 19.3 Å². The third-order valence-electron chi connectivity index (χ3n) is 14.5. The van der Waals surface area contributed by atoms with Crippen molar-refractivity contribution in [1.29, 1.82) is 0 Å². The smallest absolute Gasteiger partial charge is 0.164 e. The molecule has 13 aromatic rings. The zero-order chi connectivity index (χ0) is 45.8. The van der Waals surface area contributed by atoms with Gasteiger partial charge in [0.05, 0.1) is 22.1 Å². The molecule has 1 aliphatic rings. The van der Waals surface area contributed by atoms with Gasteiger partial charge in [0, 0.05) is 55.0 Å². The lowest BCUT2D eigenvalue weighted by atomic mass is 9.82. The zero-order valence-corrected chi connectivity index (χ0v) is 38.1. The van der Waals surface area contributed by atoms with E-state index in [-0.39, 0.29) is 5.41 Å². The Hall–Kier alpha value is -8.93. The van der Waals surface area contributed by atoms with Crippen molar-refractivity contribution in [3.8, 4) is 67.8 Å². The van der Waals surface area contributed by atoms with Crippen molar-refractivity contribution >= 4 is 54.4 Å². The molecule has 0 bridgehead atoms. The van der Waals surface area contributed by atoms with E-state index in [9.17, 15) is 0 Å². The van der Waals surface area contributed by atoms with E-state index >= 15 is 0 Å². The highest BCUT2D eigenvalue weighted by atomic mass is 15.0. The molecule has 3 heterocycles. The highest BCUT2D eigenvalue weighted by molar-refractivity contribution is 6.14. The molecule has 0 saturated heterocycles. The molecule has 0 atom stereocenters. The highest BCUT2D eigenvalue weighted by Gasteiger charge is 2.37. The molecule has 10 aromatic carbocycles. The van der Waals surface area contributed by atoms with Gasteiger partial charge in [0.15, 0.2) is 17.5 Å². The van der Waals surface area contributed by atoms with Crippen LogP contribution in [0.15, 0.2) is 224 Å². The first-order valence-corrected chi connectivity index (χ1v) is 23.7. The maximum Gasteiger partial charge on any atom is 0.164 e. The van der Waals surface area contributed by atoms with Crippen LogP contribution in [0.25, 0.3) is 122 Å². The van der Waals surface area contributed by atoms with Crippen LogP contribution in [-0.2, 0) is 5.41 Å². The lowest BCUT2D eigenvalue weighted by Crippen LogP contribution is -2.15. The van der Waals surface area contributed by atoms with Gasteiger partial charge in [-0.25, -0.2) is 15.0 Å². The number of hydrogen-bond donors (Lipinski definition) is 0. The number of aromatic nitrogens is 5. The summed E-state index contributed by atoms with van der Waals surface area (Å²) in [5.41, 5.74) is 16.9. The molecule has 0 amide bonds. The lowest BCUT2D eigenvalue weighted by molar-refractivity contribution is 0.661. The van der Waals surface area contributed by atoms with Gasteiger partial charge in [0.1, 0.15) is 0 Å². The molecule has 324 valence electrons. The Kier molecular flexibility index (Phi) is 8.56. The van der Waals surface area contributed by atoms with E-state index in [1.807, 2.05) is 36.4 Å². The summed E-state index contributed by atoms with van der Waals surface area (Å²) in [7, 11) is 0. The van der Waals surface area contributed by atoms with E-state index in [1.165, 1.54) is 60.1 Å². The van der Waals surface area contributed by atoms with Gasteiger partial charge in [-0.3, -0.25) is 0 Å². The molecular formula is C64H43N5. The van der Waals surface area contributed by atoms with Crippen molar-refractivity contribution in [1.82, 2.24) is 24.1 Å². The lowest BCUT2D eigenvalue weighted by Gasteiger charge is -2.22. The summed E-state index contributed by atoms with van der Waals surface area (Å²) in [6, 6.07) is 80.9. The summed E-state index contributed by atoms with van der Waals surface area (Å²) in [5.74, 6) is 1.87. The molecule has 14 rings (SSSR count). The van der Waals surface area contributed by atoms with Gasteiger partial charge in [-0.05, 0) is 111 Å². The van der Waals surface area contributed by atoms with Gasteiger partial charge in [-0.1, -0.05) is 172 Å². The van der Waals surface area contributed by atoms with Gasteiger partial charge in [-0.15, -0.1) is 0 Å². The van der Waals surface area contributed by atoms with Crippen LogP contribution in [0.3, 0.4) is 0 Å². The van der Waals surface area contributed by atoms with Crippen LogP contribution in [0, 0.1) is 0 Å². The summed E-state index contributed by atoms with van der Waals surface area (Å²) in [6.45, 7) is 4.76. The molecule has 0 fully saturated rings. The van der Waals surface area contributed by atoms with E-state index in [0.29, 0.717) is 17.5 Å². The molecule has 0 radical (unpaired) electrons. The first kappa shape index (κ1) is 39.3. The third kappa shape index (κ3) is 6.07. The van der Waals surface area contributed by atoms with Crippen molar-refractivity contribution in [2.24, 2.45) is 0 Å². The molecule has 0 saturated carbocycles. The SMILES string of the molecule is CC1(C)c2cc3c(cc2-c2c1ccc1ccccc21)c1ccccc1n3-c1cc(-c2ccc3c(c2)c2ccccc2n3-c2ccccc2)cc(-c2nc(-c3ccccc3)nc(-c3ccccc3)n2)c1. The van der Waals surface area contributed by atoms with Crippen LogP contribution in [0.2, 0.25) is 0 Å². The molecule has 5 nitrogen and oxygen atoms in total. The second kappa shape index (κ2) is 15.0. The Balaban J connectivity index is 1.05. The molecule has 69 heavy (non-hydrogen) atoms. The average molecular weight is 882 g/mol. The largest absolute Gasteiger partial charge is 0.309 e. The van der Waals surface area contributed by atoms with Crippen LogP contribution in [-0.4, -0.2) is 24.1 Å². The first-order valence-electron chi connectivity index (χ1n) is 23.7. The van der Waals surface area contributed by atoms with E-state index in [0.717, 1.165) is 55.7 Å². The maximum absolute atomic E-state index is 5.29. The Morgan fingerprint density at radius 2 is 0.841 bits per heavy atom. The van der Waals surface area contributed by atoms with E-state index in [1.54, 1.807) is 0 Å². The third-order valence-corrected chi connectivity index (χ3v) is 14.5.